The maximum absolute atomic E-state index is 13.5. The standard InChI is InChI=1S/C23H22F3N3O/c24-23(25,26)20-14-19(17-6-2-3-7-18(17)28-20)29-22(12-4-1-5-13-22)16-10-8-15(9-11-16)21(27)30/h2-3,6-11,14H,1,4-5,12-13H2,(H2,27,30)(H,28,29). The van der Waals surface area contributed by atoms with Gasteiger partial charge < -0.3 is 11.1 Å². The number of aromatic nitrogens is 1. The first-order chi connectivity index (χ1) is 14.3. The number of carbonyl (C=O) groups excluding carboxylic acids is 1. The van der Waals surface area contributed by atoms with Crippen LogP contribution in [0.2, 0.25) is 0 Å². The summed E-state index contributed by atoms with van der Waals surface area (Å²) < 4.78 is 40.4. The lowest BCUT2D eigenvalue weighted by Gasteiger charge is -2.40. The molecule has 1 fully saturated rings. The van der Waals surface area contributed by atoms with E-state index in [0.29, 0.717) is 22.2 Å². The minimum atomic E-state index is -4.54. The zero-order valence-corrected chi connectivity index (χ0v) is 16.3. The van der Waals surface area contributed by atoms with Gasteiger partial charge in [0.15, 0.2) is 0 Å². The lowest BCUT2D eigenvalue weighted by Crippen LogP contribution is -2.37. The fourth-order valence-electron chi connectivity index (χ4n) is 4.28. The molecule has 1 saturated carbocycles. The van der Waals surface area contributed by atoms with Gasteiger partial charge in [0, 0.05) is 16.6 Å². The molecule has 2 aromatic carbocycles. The Balaban J connectivity index is 1.82. The van der Waals surface area contributed by atoms with Crippen LogP contribution in [-0.2, 0) is 11.7 Å². The number of hydrogen-bond acceptors (Lipinski definition) is 3. The molecule has 1 amide bonds. The highest BCUT2D eigenvalue weighted by Crippen LogP contribution is 2.42. The molecule has 3 N–H and O–H groups in total. The Morgan fingerprint density at radius 3 is 2.30 bits per heavy atom. The van der Waals surface area contributed by atoms with Crippen molar-refractivity contribution in [2.75, 3.05) is 5.32 Å². The summed E-state index contributed by atoms with van der Waals surface area (Å²) in [7, 11) is 0. The molecule has 156 valence electrons. The van der Waals surface area contributed by atoms with E-state index in [0.717, 1.165) is 43.7 Å². The van der Waals surface area contributed by atoms with Crippen LogP contribution in [0.3, 0.4) is 0 Å². The van der Waals surface area contributed by atoms with Gasteiger partial charge in [-0.2, -0.15) is 13.2 Å². The summed E-state index contributed by atoms with van der Waals surface area (Å²) in [5.74, 6) is -0.512. The number of primary amides is 1. The first kappa shape index (κ1) is 20.2. The number of pyridine rings is 1. The molecule has 0 unspecified atom stereocenters. The van der Waals surface area contributed by atoms with Crippen molar-refractivity contribution in [3.8, 4) is 0 Å². The number of amides is 1. The van der Waals surface area contributed by atoms with Gasteiger partial charge in [-0.15, -0.1) is 0 Å². The largest absolute Gasteiger partial charge is 0.433 e. The maximum atomic E-state index is 13.5. The summed E-state index contributed by atoms with van der Waals surface area (Å²) in [6.45, 7) is 0. The number of hydrogen-bond donors (Lipinski definition) is 2. The number of carbonyl (C=O) groups is 1. The molecule has 0 spiro atoms. The Bertz CT molecular complexity index is 1070. The predicted molar refractivity (Wildman–Crippen MR) is 110 cm³/mol. The highest BCUT2D eigenvalue weighted by Gasteiger charge is 2.37. The summed E-state index contributed by atoms with van der Waals surface area (Å²) in [5, 5.41) is 4.10. The number of fused-ring (bicyclic) bond motifs is 1. The van der Waals surface area contributed by atoms with E-state index in [2.05, 4.69) is 10.3 Å². The first-order valence-electron chi connectivity index (χ1n) is 9.94. The van der Waals surface area contributed by atoms with Gasteiger partial charge in [0.05, 0.1) is 11.1 Å². The second-order valence-electron chi connectivity index (χ2n) is 7.78. The molecule has 4 nitrogen and oxygen atoms in total. The van der Waals surface area contributed by atoms with E-state index in [9.17, 15) is 18.0 Å². The van der Waals surface area contributed by atoms with E-state index >= 15 is 0 Å². The molecule has 1 heterocycles. The third-order valence-corrected chi connectivity index (χ3v) is 5.81. The summed E-state index contributed by atoms with van der Waals surface area (Å²) in [6, 6.07) is 14.9. The van der Waals surface area contributed by atoms with Crippen molar-refractivity contribution < 1.29 is 18.0 Å². The van der Waals surface area contributed by atoms with E-state index in [-0.39, 0.29) is 0 Å². The van der Waals surface area contributed by atoms with Crippen LogP contribution in [0, 0.1) is 0 Å². The number of nitrogens with one attached hydrogen (secondary N) is 1. The van der Waals surface area contributed by atoms with Crippen molar-refractivity contribution in [1.29, 1.82) is 0 Å². The van der Waals surface area contributed by atoms with Crippen LogP contribution >= 0.6 is 0 Å². The van der Waals surface area contributed by atoms with Gasteiger partial charge >= 0.3 is 6.18 Å². The van der Waals surface area contributed by atoms with Crippen LogP contribution in [0.4, 0.5) is 18.9 Å². The van der Waals surface area contributed by atoms with Crippen LogP contribution in [0.15, 0.2) is 54.6 Å². The lowest BCUT2D eigenvalue weighted by molar-refractivity contribution is -0.140. The summed E-state index contributed by atoms with van der Waals surface area (Å²) in [4.78, 5) is 15.2. The monoisotopic (exact) mass is 413 g/mol. The van der Waals surface area contributed by atoms with Crippen molar-refractivity contribution in [1.82, 2.24) is 4.98 Å². The van der Waals surface area contributed by atoms with Gasteiger partial charge in [0.1, 0.15) is 5.69 Å². The van der Waals surface area contributed by atoms with Gasteiger partial charge in [-0.25, -0.2) is 4.98 Å². The quantitative estimate of drug-likeness (QED) is 0.583. The Morgan fingerprint density at radius 1 is 1.00 bits per heavy atom. The molecule has 7 heteroatoms. The SMILES string of the molecule is NC(=O)c1ccc(C2(Nc3cc(C(F)(F)F)nc4ccccc34)CCCCC2)cc1. The molecule has 0 bridgehead atoms. The van der Waals surface area contributed by atoms with Crippen LogP contribution in [0.1, 0.15) is 53.7 Å². The average molecular weight is 413 g/mol. The smallest absolute Gasteiger partial charge is 0.375 e. The highest BCUT2D eigenvalue weighted by molar-refractivity contribution is 5.93. The van der Waals surface area contributed by atoms with Crippen molar-refractivity contribution in [3.63, 3.8) is 0 Å². The average Bonchev–Trinajstić information content (AvgIpc) is 2.74. The number of para-hydroxylation sites is 1. The Labute approximate surface area is 172 Å². The zero-order valence-electron chi connectivity index (χ0n) is 16.3. The number of alkyl halides is 3. The molecule has 0 aliphatic heterocycles. The predicted octanol–water partition coefficient (Wildman–Crippen LogP) is 5.62. The summed E-state index contributed by atoms with van der Waals surface area (Å²) >= 11 is 0. The number of nitrogens with two attached hydrogens (primary N) is 1. The number of rotatable bonds is 4. The molecule has 1 aliphatic rings. The molecule has 3 aromatic rings. The second-order valence-corrected chi connectivity index (χ2v) is 7.78. The van der Waals surface area contributed by atoms with Gasteiger partial charge in [-0.1, -0.05) is 49.6 Å². The normalized spacial score (nSPS) is 16.4. The van der Waals surface area contributed by atoms with Gasteiger partial charge in [-0.05, 0) is 42.7 Å². The van der Waals surface area contributed by atoms with Crippen LogP contribution in [-0.4, -0.2) is 10.9 Å². The first-order valence-corrected chi connectivity index (χ1v) is 9.94. The highest BCUT2D eigenvalue weighted by atomic mass is 19.4. The maximum Gasteiger partial charge on any atom is 0.433 e. The molecular formula is C23H22F3N3O. The Hall–Kier alpha value is -3.09. The van der Waals surface area contributed by atoms with Gasteiger partial charge in [0.25, 0.3) is 0 Å². The molecule has 1 aliphatic carbocycles. The molecule has 30 heavy (non-hydrogen) atoms. The number of nitrogens with zero attached hydrogens (tertiary/aromatic N) is 1. The summed E-state index contributed by atoms with van der Waals surface area (Å²) in [6.07, 6.45) is 0.0122. The van der Waals surface area contributed by atoms with Gasteiger partial charge in [0.2, 0.25) is 5.91 Å². The number of halogens is 3. The van der Waals surface area contributed by atoms with E-state index in [1.807, 2.05) is 12.1 Å². The molecular weight excluding hydrogens is 391 g/mol. The molecule has 0 saturated heterocycles. The van der Waals surface area contributed by atoms with Crippen molar-refractivity contribution >= 4 is 22.5 Å². The summed E-state index contributed by atoms with van der Waals surface area (Å²) in [5.41, 5.74) is 5.95. The zero-order chi connectivity index (χ0) is 21.4. The van der Waals surface area contributed by atoms with Crippen molar-refractivity contribution in [2.45, 2.75) is 43.8 Å². The second kappa shape index (κ2) is 7.63. The van der Waals surface area contributed by atoms with Crippen molar-refractivity contribution in [2.24, 2.45) is 5.73 Å². The molecule has 4 rings (SSSR count). The third-order valence-electron chi connectivity index (χ3n) is 5.81. The topological polar surface area (TPSA) is 68.0 Å². The lowest BCUT2D eigenvalue weighted by atomic mass is 9.76. The minimum Gasteiger partial charge on any atom is -0.375 e. The molecule has 0 atom stereocenters. The van der Waals surface area contributed by atoms with Crippen LogP contribution in [0.25, 0.3) is 10.9 Å². The number of benzene rings is 2. The van der Waals surface area contributed by atoms with E-state index < -0.39 is 23.3 Å². The van der Waals surface area contributed by atoms with Crippen LogP contribution in [0.5, 0.6) is 0 Å². The van der Waals surface area contributed by atoms with E-state index in [1.165, 1.54) is 0 Å². The Kier molecular flexibility index (Phi) is 5.13. The Morgan fingerprint density at radius 2 is 1.67 bits per heavy atom. The van der Waals surface area contributed by atoms with Crippen LogP contribution < -0.4 is 11.1 Å². The minimum absolute atomic E-state index is 0.296. The fourth-order valence-corrected chi connectivity index (χ4v) is 4.28. The van der Waals surface area contributed by atoms with Crippen molar-refractivity contribution in [3.05, 3.63) is 71.4 Å². The molecule has 1 aromatic heterocycles. The number of anilines is 1. The van der Waals surface area contributed by atoms with Gasteiger partial charge in [-0.3, -0.25) is 4.79 Å². The fraction of sp³-hybridized carbons (Fsp3) is 0.304. The van der Waals surface area contributed by atoms with E-state index in [1.54, 1.807) is 36.4 Å². The molecule has 0 radical (unpaired) electrons. The van der Waals surface area contributed by atoms with E-state index in [4.69, 9.17) is 5.73 Å². The third kappa shape index (κ3) is 3.84.